The molecule has 0 aromatic heterocycles. The van der Waals surface area contributed by atoms with Crippen LogP contribution >= 0.6 is 0 Å². The molecule has 7 heteroatoms. The van der Waals surface area contributed by atoms with Gasteiger partial charge >= 0.3 is 6.03 Å². The first-order valence-corrected chi connectivity index (χ1v) is 12.5. The molecule has 7 nitrogen and oxygen atoms in total. The van der Waals surface area contributed by atoms with E-state index in [4.69, 9.17) is 0 Å². The Morgan fingerprint density at radius 1 is 1.03 bits per heavy atom. The van der Waals surface area contributed by atoms with Crippen LogP contribution in [0.3, 0.4) is 0 Å². The highest BCUT2D eigenvalue weighted by atomic mass is 16.2. The Labute approximate surface area is 209 Å². The van der Waals surface area contributed by atoms with Crippen LogP contribution in [0.4, 0.5) is 10.5 Å². The average Bonchev–Trinajstić information content (AvgIpc) is 3.58. The SMILES string of the molecule is CCCCc1ccc(C(=O)N2C[C@@H]3C[C@H]2[C@@H]2C(=O)N(c4ccc(C#N)c5ccccc45)C(=O)N32)cc1. The predicted molar refractivity (Wildman–Crippen MR) is 135 cm³/mol. The lowest BCUT2D eigenvalue weighted by Crippen LogP contribution is -2.54. The summed E-state index contributed by atoms with van der Waals surface area (Å²) in [4.78, 5) is 45.3. The van der Waals surface area contributed by atoms with E-state index in [-0.39, 0.29) is 29.9 Å². The number of anilines is 1. The van der Waals surface area contributed by atoms with Crippen molar-refractivity contribution in [3.05, 3.63) is 77.4 Å². The fourth-order valence-electron chi connectivity index (χ4n) is 6.05. The molecule has 0 spiro atoms. The van der Waals surface area contributed by atoms with Crippen LogP contribution in [0, 0.1) is 11.3 Å². The van der Waals surface area contributed by atoms with Crippen LogP contribution in [0.5, 0.6) is 0 Å². The molecule has 2 bridgehead atoms. The zero-order chi connectivity index (χ0) is 25.0. The van der Waals surface area contributed by atoms with Gasteiger partial charge in [-0.25, -0.2) is 9.69 Å². The summed E-state index contributed by atoms with van der Waals surface area (Å²) in [5.41, 5.74) is 2.80. The van der Waals surface area contributed by atoms with E-state index in [2.05, 4.69) is 13.0 Å². The van der Waals surface area contributed by atoms with E-state index < -0.39 is 6.04 Å². The molecule has 3 aromatic carbocycles. The predicted octanol–water partition coefficient (Wildman–Crippen LogP) is 4.49. The van der Waals surface area contributed by atoms with E-state index >= 15 is 0 Å². The molecular weight excluding hydrogens is 452 g/mol. The number of unbranched alkanes of at least 4 members (excludes halogenated alkanes) is 1. The highest BCUT2D eigenvalue weighted by Gasteiger charge is 2.63. The Morgan fingerprint density at radius 3 is 2.50 bits per heavy atom. The molecule has 3 aliphatic rings. The molecule has 3 saturated heterocycles. The van der Waals surface area contributed by atoms with Gasteiger partial charge in [0.1, 0.15) is 6.04 Å². The van der Waals surface area contributed by atoms with E-state index in [1.807, 2.05) is 48.5 Å². The number of hydrogen-bond acceptors (Lipinski definition) is 4. The maximum atomic E-state index is 13.7. The number of carbonyl (C=O) groups is 3. The molecule has 0 radical (unpaired) electrons. The molecule has 3 heterocycles. The molecule has 3 atom stereocenters. The number of carbonyl (C=O) groups excluding carboxylic acids is 3. The molecule has 0 saturated carbocycles. The number of amides is 4. The van der Waals surface area contributed by atoms with Crippen molar-refractivity contribution in [2.75, 3.05) is 11.4 Å². The minimum atomic E-state index is -0.682. The van der Waals surface area contributed by atoms with Crippen molar-refractivity contribution in [3.63, 3.8) is 0 Å². The van der Waals surface area contributed by atoms with Gasteiger partial charge in [0.25, 0.3) is 11.8 Å². The summed E-state index contributed by atoms with van der Waals surface area (Å²) in [5, 5.41) is 10.9. The van der Waals surface area contributed by atoms with Crippen LogP contribution in [0.2, 0.25) is 0 Å². The Balaban J connectivity index is 1.29. The lowest BCUT2D eigenvalue weighted by Gasteiger charge is -2.35. The minimum Gasteiger partial charge on any atom is -0.331 e. The van der Waals surface area contributed by atoms with Gasteiger partial charge in [0, 0.05) is 22.9 Å². The number of nitrogens with zero attached hydrogens (tertiary/aromatic N) is 4. The molecule has 0 N–H and O–H groups in total. The van der Waals surface area contributed by atoms with Gasteiger partial charge in [0.15, 0.2) is 0 Å². The third-order valence-corrected chi connectivity index (χ3v) is 7.81. The lowest BCUT2D eigenvalue weighted by atomic mass is 10.0. The number of nitriles is 1. The molecule has 180 valence electrons. The fraction of sp³-hybridized carbons (Fsp3) is 0.310. The molecule has 3 aromatic rings. The first kappa shape index (κ1) is 22.3. The van der Waals surface area contributed by atoms with Crippen molar-refractivity contribution < 1.29 is 14.4 Å². The zero-order valence-electron chi connectivity index (χ0n) is 20.1. The summed E-state index contributed by atoms with van der Waals surface area (Å²) in [6, 6.07) is 19.0. The van der Waals surface area contributed by atoms with Gasteiger partial charge in [-0.1, -0.05) is 49.7 Å². The standard InChI is InChI=1S/C29H26N4O3/c1-2-3-6-18-9-11-19(12-10-18)27(34)31-17-21-15-25(31)26-28(35)33(29(36)32(21)26)24-14-13-20(16-30)22-7-4-5-8-23(22)24/h4-5,7-14,21,25-26H,2-3,6,15,17H2,1H3/t21-,25-,26+/m0/s1. The second-order valence-electron chi connectivity index (χ2n) is 9.81. The third kappa shape index (κ3) is 3.21. The summed E-state index contributed by atoms with van der Waals surface area (Å²) in [6.07, 6.45) is 3.84. The molecule has 4 amide bonds. The second kappa shape index (κ2) is 8.49. The zero-order valence-corrected chi connectivity index (χ0v) is 20.1. The van der Waals surface area contributed by atoms with Gasteiger partial charge in [-0.2, -0.15) is 5.26 Å². The van der Waals surface area contributed by atoms with Crippen LogP contribution in [0.15, 0.2) is 60.7 Å². The summed E-state index contributed by atoms with van der Waals surface area (Å²) >= 11 is 0. The first-order valence-electron chi connectivity index (χ1n) is 12.5. The monoisotopic (exact) mass is 478 g/mol. The van der Waals surface area contributed by atoms with Crippen LogP contribution in [0.1, 0.15) is 47.7 Å². The van der Waals surface area contributed by atoms with Crippen LogP contribution in [-0.2, 0) is 11.2 Å². The lowest BCUT2D eigenvalue weighted by molar-refractivity contribution is -0.121. The van der Waals surface area contributed by atoms with Gasteiger partial charge in [0.05, 0.1) is 29.4 Å². The van der Waals surface area contributed by atoms with Crippen molar-refractivity contribution >= 4 is 34.3 Å². The van der Waals surface area contributed by atoms with Gasteiger partial charge in [-0.3, -0.25) is 9.59 Å². The van der Waals surface area contributed by atoms with E-state index in [1.54, 1.807) is 21.9 Å². The van der Waals surface area contributed by atoms with E-state index in [9.17, 15) is 19.6 Å². The molecular formula is C29H26N4O3. The van der Waals surface area contributed by atoms with Crippen molar-refractivity contribution in [1.82, 2.24) is 9.80 Å². The van der Waals surface area contributed by atoms with E-state index in [0.717, 1.165) is 19.3 Å². The maximum absolute atomic E-state index is 13.7. The largest absolute Gasteiger partial charge is 0.332 e. The topological polar surface area (TPSA) is 84.7 Å². The molecule has 36 heavy (non-hydrogen) atoms. The van der Waals surface area contributed by atoms with Gasteiger partial charge in [0.2, 0.25) is 0 Å². The highest BCUT2D eigenvalue weighted by Crippen LogP contribution is 2.44. The van der Waals surface area contributed by atoms with Crippen LogP contribution in [0.25, 0.3) is 10.8 Å². The van der Waals surface area contributed by atoms with E-state index in [1.165, 1.54) is 10.5 Å². The van der Waals surface area contributed by atoms with Gasteiger partial charge in [-0.15, -0.1) is 0 Å². The molecule has 0 unspecified atom stereocenters. The summed E-state index contributed by atoms with van der Waals surface area (Å²) in [5.74, 6) is -0.401. The number of benzene rings is 3. The van der Waals surface area contributed by atoms with Gasteiger partial charge in [-0.05, 0) is 49.1 Å². The number of rotatable bonds is 5. The average molecular weight is 479 g/mol. The van der Waals surface area contributed by atoms with Crippen molar-refractivity contribution in [3.8, 4) is 6.07 Å². The Bertz CT molecular complexity index is 1440. The number of fused-ring (bicyclic) bond motifs is 6. The molecule has 6 rings (SSSR count). The fourth-order valence-corrected chi connectivity index (χ4v) is 6.05. The number of urea groups is 1. The normalized spacial score (nSPS) is 22.4. The number of imide groups is 1. The summed E-state index contributed by atoms with van der Waals surface area (Å²) in [6.45, 7) is 2.59. The molecule has 3 fully saturated rings. The first-order chi connectivity index (χ1) is 17.5. The number of aryl methyl sites for hydroxylation is 1. The number of likely N-dealkylation sites (tertiary alicyclic amines) is 1. The Hall–Kier alpha value is -4.18. The molecule has 0 aliphatic carbocycles. The summed E-state index contributed by atoms with van der Waals surface area (Å²) in [7, 11) is 0. The van der Waals surface area contributed by atoms with Crippen LogP contribution < -0.4 is 4.90 Å². The Kier molecular flexibility index (Phi) is 5.26. The number of hydrogen-bond donors (Lipinski definition) is 0. The van der Waals surface area contributed by atoms with Gasteiger partial charge < -0.3 is 9.80 Å². The smallest absolute Gasteiger partial charge is 0.331 e. The van der Waals surface area contributed by atoms with Crippen molar-refractivity contribution in [1.29, 1.82) is 5.26 Å². The maximum Gasteiger partial charge on any atom is 0.332 e. The minimum absolute atomic E-state index is 0.0910. The Morgan fingerprint density at radius 2 is 1.78 bits per heavy atom. The number of piperazine rings is 1. The molecule has 3 aliphatic heterocycles. The van der Waals surface area contributed by atoms with Crippen molar-refractivity contribution in [2.24, 2.45) is 0 Å². The van der Waals surface area contributed by atoms with Crippen LogP contribution in [-0.4, -0.2) is 52.3 Å². The second-order valence-corrected chi connectivity index (χ2v) is 9.81. The van der Waals surface area contributed by atoms with Crippen molar-refractivity contribution in [2.45, 2.75) is 50.7 Å². The highest BCUT2D eigenvalue weighted by molar-refractivity contribution is 6.25. The summed E-state index contributed by atoms with van der Waals surface area (Å²) < 4.78 is 0. The third-order valence-electron chi connectivity index (χ3n) is 7.81. The van der Waals surface area contributed by atoms with E-state index in [0.29, 0.717) is 40.6 Å². The quantitative estimate of drug-likeness (QED) is 0.506.